The Hall–Kier alpha value is -2.27. The topological polar surface area (TPSA) is 65.7 Å². The van der Waals surface area contributed by atoms with Crippen LogP contribution in [0.2, 0.25) is 0 Å². The fourth-order valence-electron chi connectivity index (χ4n) is 2.21. The van der Waals surface area contributed by atoms with Crippen LogP contribution in [0.4, 0.5) is 4.79 Å². The second kappa shape index (κ2) is 7.66. The number of hydrogen-bond donors (Lipinski definition) is 2. The molecule has 1 heterocycles. The third-order valence-corrected chi connectivity index (χ3v) is 3.40. The van der Waals surface area contributed by atoms with Gasteiger partial charge in [0.15, 0.2) is 0 Å². The van der Waals surface area contributed by atoms with Crippen molar-refractivity contribution in [2.45, 2.75) is 26.4 Å². The van der Waals surface area contributed by atoms with E-state index in [-0.39, 0.29) is 25.2 Å². The summed E-state index contributed by atoms with van der Waals surface area (Å²) in [6, 6.07) is 13.0. The number of nitrogens with one attached hydrogen (secondary N) is 1. The Balaban J connectivity index is 2.00. The lowest BCUT2D eigenvalue weighted by Gasteiger charge is -2.24. The number of nitrogens with zero attached hydrogens (tertiary/aromatic N) is 1. The van der Waals surface area contributed by atoms with Crippen LogP contribution in [0, 0.1) is 6.92 Å². The predicted molar refractivity (Wildman–Crippen MR) is 84.3 cm³/mol. The summed E-state index contributed by atoms with van der Waals surface area (Å²) in [6.07, 6.45) is 0. The van der Waals surface area contributed by atoms with Crippen molar-refractivity contribution in [3.63, 3.8) is 0 Å². The molecule has 0 aliphatic carbocycles. The van der Waals surface area contributed by atoms with E-state index in [1.165, 1.54) is 0 Å². The molecule has 1 aromatic heterocycles. The van der Waals surface area contributed by atoms with Gasteiger partial charge in [0.2, 0.25) is 0 Å². The molecule has 0 bridgehead atoms. The molecule has 2 aromatic rings. The highest BCUT2D eigenvalue weighted by atomic mass is 16.3. The molecule has 0 fully saturated rings. The maximum atomic E-state index is 12.4. The number of aliphatic hydroxyl groups is 1. The number of amides is 2. The minimum atomic E-state index is -0.224. The molecule has 0 aliphatic heterocycles. The number of furan rings is 1. The Morgan fingerprint density at radius 1 is 1.27 bits per heavy atom. The molecule has 2 rings (SSSR count). The van der Waals surface area contributed by atoms with Gasteiger partial charge in [0.25, 0.3) is 0 Å². The lowest BCUT2D eigenvalue weighted by Crippen LogP contribution is -2.42. The lowest BCUT2D eigenvalue weighted by molar-refractivity contribution is 0.170. The van der Waals surface area contributed by atoms with E-state index in [1.54, 1.807) is 4.90 Å². The first kappa shape index (κ1) is 16.1. The largest absolute Gasteiger partial charge is 0.464 e. The van der Waals surface area contributed by atoms with Gasteiger partial charge in [0.05, 0.1) is 12.6 Å². The van der Waals surface area contributed by atoms with Gasteiger partial charge < -0.3 is 19.7 Å². The monoisotopic (exact) mass is 302 g/mol. The maximum absolute atomic E-state index is 12.4. The summed E-state index contributed by atoms with van der Waals surface area (Å²) >= 11 is 0. The average molecular weight is 302 g/mol. The van der Waals surface area contributed by atoms with Crippen molar-refractivity contribution in [3.8, 4) is 0 Å². The van der Waals surface area contributed by atoms with E-state index in [0.29, 0.717) is 6.54 Å². The van der Waals surface area contributed by atoms with Crippen molar-refractivity contribution in [2.24, 2.45) is 0 Å². The van der Waals surface area contributed by atoms with Crippen molar-refractivity contribution in [1.29, 1.82) is 0 Å². The van der Waals surface area contributed by atoms with Gasteiger partial charge in [-0.3, -0.25) is 0 Å². The van der Waals surface area contributed by atoms with Crippen LogP contribution in [0.1, 0.15) is 30.0 Å². The second-order valence-corrected chi connectivity index (χ2v) is 5.25. The number of aliphatic hydroxyl groups excluding tert-OH is 1. The van der Waals surface area contributed by atoms with Crippen LogP contribution >= 0.6 is 0 Å². The second-order valence-electron chi connectivity index (χ2n) is 5.25. The van der Waals surface area contributed by atoms with E-state index in [4.69, 9.17) is 4.42 Å². The van der Waals surface area contributed by atoms with Crippen LogP contribution in [-0.4, -0.2) is 29.2 Å². The van der Waals surface area contributed by atoms with Crippen LogP contribution in [0.15, 0.2) is 46.9 Å². The number of benzene rings is 1. The predicted octanol–water partition coefficient (Wildman–Crippen LogP) is 2.85. The van der Waals surface area contributed by atoms with Crippen LogP contribution in [0.25, 0.3) is 0 Å². The smallest absolute Gasteiger partial charge is 0.318 e. The number of carbonyl (C=O) groups excluding carboxylic acids is 1. The molecule has 0 spiro atoms. The molecule has 2 N–H and O–H groups in total. The van der Waals surface area contributed by atoms with Gasteiger partial charge in [-0.05, 0) is 31.5 Å². The first-order valence-corrected chi connectivity index (χ1v) is 7.36. The highest BCUT2D eigenvalue weighted by molar-refractivity contribution is 5.74. The third-order valence-electron chi connectivity index (χ3n) is 3.40. The molecule has 0 saturated heterocycles. The standard InChI is InChI=1S/C17H22N2O3/c1-13-8-9-16(22-13)14(2)18-17(21)19(10-11-20)12-15-6-4-3-5-7-15/h3-9,14,20H,10-12H2,1-2H3,(H,18,21). The summed E-state index contributed by atoms with van der Waals surface area (Å²) in [5, 5.41) is 12.1. The molecular weight excluding hydrogens is 280 g/mol. The molecule has 1 atom stereocenters. The minimum absolute atomic E-state index is 0.0749. The zero-order valence-corrected chi connectivity index (χ0v) is 13.0. The molecule has 5 heteroatoms. The van der Waals surface area contributed by atoms with Gasteiger partial charge in [0.1, 0.15) is 11.5 Å². The zero-order valence-electron chi connectivity index (χ0n) is 13.0. The molecule has 0 radical (unpaired) electrons. The van der Waals surface area contributed by atoms with Crippen molar-refractivity contribution in [3.05, 3.63) is 59.5 Å². The molecule has 1 aromatic carbocycles. The Morgan fingerprint density at radius 3 is 2.59 bits per heavy atom. The van der Waals surface area contributed by atoms with Gasteiger partial charge in [0, 0.05) is 13.1 Å². The van der Waals surface area contributed by atoms with Gasteiger partial charge >= 0.3 is 6.03 Å². The van der Waals surface area contributed by atoms with Crippen LogP contribution in [0.3, 0.4) is 0 Å². The molecule has 22 heavy (non-hydrogen) atoms. The number of hydrogen-bond acceptors (Lipinski definition) is 3. The molecular formula is C17H22N2O3. The fraction of sp³-hybridized carbons (Fsp3) is 0.353. The number of carbonyl (C=O) groups is 1. The quantitative estimate of drug-likeness (QED) is 0.862. The van der Waals surface area contributed by atoms with Crippen LogP contribution in [-0.2, 0) is 6.54 Å². The summed E-state index contributed by atoms with van der Waals surface area (Å²) < 4.78 is 5.52. The first-order valence-electron chi connectivity index (χ1n) is 7.36. The Labute approximate surface area is 130 Å². The lowest BCUT2D eigenvalue weighted by atomic mass is 10.2. The number of aryl methyl sites for hydroxylation is 1. The third kappa shape index (κ3) is 4.36. The van der Waals surface area contributed by atoms with Crippen molar-refractivity contribution in [1.82, 2.24) is 10.2 Å². The van der Waals surface area contributed by atoms with Crippen molar-refractivity contribution in [2.75, 3.05) is 13.2 Å². The minimum Gasteiger partial charge on any atom is -0.464 e. The molecule has 0 saturated carbocycles. The number of urea groups is 1. The number of rotatable bonds is 6. The molecule has 118 valence electrons. The van der Waals surface area contributed by atoms with Gasteiger partial charge in [-0.2, -0.15) is 0 Å². The average Bonchev–Trinajstić information content (AvgIpc) is 2.94. The Morgan fingerprint density at radius 2 is 2.00 bits per heavy atom. The molecule has 2 amide bonds. The fourth-order valence-corrected chi connectivity index (χ4v) is 2.21. The summed E-state index contributed by atoms with van der Waals surface area (Å²) in [4.78, 5) is 14.0. The SMILES string of the molecule is Cc1ccc(C(C)NC(=O)N(CCO)Cc2ccccc2)o1. The summed E-state index contributed by atoms with van der Waals surface area (Å²) in [5.41, 5.74) is 1.02. The van der Waals surface area contributed by atoms with E-state index in [0.717, 1.165) is 17.1 Å². The van der Waals surface area contributed by atoms with E-state index >= 15 is 0 Å². The zero-order chi connectivity index (χ0) is 15.9. The van der Waals surface area contributed by atoms with Gasteiger partial charge in [-0.1, -0.05) is 30.3 Å². The summed E-state index contributed by atoms with van der Waals surface area (Å²) in [7, 11) is 0. The van der Waals surface area contributed by atoms with Gasteiger partial charge in [-0.15, -0.1) is 0 Å². The van der Waals surface area contributed by atoms with E-state index < -0.39 is 0 Å². The first-order chi connectivity index (χ1) is 10.6. The van der Waals surface area contributed by atoms with E-state index in [1.807, 2.05) is 56.3 Å². The van der Waals surface area contributed by atoms with Crippen molar-refractivity contribution < 1.29 is 14.3 Å². The Kier molecular flexibility index (Phi) is 5.61. The van der Waals surface area contributed by atoms with Crippen LogP contribution in [0.5, 0.6) is 0 Å². The molecule has 1 unspecified atom stereocenters. The molecule has 5 nitrogen and oxygen atoms in total. The highest BCUT2D eigenvalue weighted by Crippen LogP contribution is 2.16. The molecule has 0 aliphatic rings. The van der Waals surface area contributed by atoms with E-state index in [9.17, 15) is 9.90 Å². The summed E-state index contributed by atoms with van der Waals surface area (Å²) in [5.74, 6) is 1.53. The summed E-state index contributed by atoms with van der Waals surface area (Å²) in [6.45, 7) is 4.40. The van der Waals surface area contributed by atoms with Gasteiger partial charge in [-0.25, -0.2) is 4.79 Å². The van der Waals surface area contributed by atoms with Crippen molar-refractivity contribution >= 4 is 6.03 Å². The Bertz CT molecular complexity index is 595. The maximum Gasteiger partial charge on any atom is 0.318 e. The normalized spacial score (nSPS) is 12.0. The highest BCUT2D eigenvalue weighted by Gasteiger charge is 2.18. The van der Waals surface area contributed by atoms with E-state index in [2.05, 4.69) is 5.32 Å². The van der Waals surface area contributed by atoms with Crippen LogP contribution < -0.4 is 5.32 Å².